The van der Waals surface area contributed by atoms with Crippen LogP contribution in [0.3, 0.4) is 0 Å². The van der Waals surface area contributed by atoms with E-state index in [1.165, 1.54) is 0 Å². The van der Waals surface area contributed by atoms with Gasteiger partial charge >= 0.3 is 0 Å². The van der Waals surface area contributed by atoms with Crippen LogP contribution in [0.4, 0.5) is 0 Å². The quantitative estimate of drug-likeness (QED) is 0.649. The number of nitrogens with zero attached hydrogens (tertiary/aromatic N) is 1. The van der Waals surface area contributed by atoms with Gasteiger partial charge in [-0.05, 0) is 49.4 Å². The van der Waals surface area contributed by atoms with Crippen LogP contribution in [0.5, 0.6) is 0 Å². The third kappa shape index (κ3) is 2.33. The number of pyridine rings is 1. The van der Waals surface area contributed by atoms with Crippen LogP contribution < -0.4 is 0 Å². The zero-order valence-corrected chi connectivity index (χ0v) is 12.5. The first-order chi connectivity index (χ1) is 10.1. The summed E-state index contributed by atoms with van der Waals surface area (Å²) in [4.78, 5) is 17.3. The van der Waals surface area contributed by atoms with Crippen molar-refractivity contribution in [3.63, 3.8) is 0 Å². The third-order valence-electron chi connectivity index (χ3n) is 3.85. The number of aryl methyl sites for hydroxylation is 3. The Hall–Kier alpha value is -2.48. The molecule has 21 heavy (non-hydrogen) atoms. The molecule has 1 heterocycles. The predicted molar refractivity (Wildman–Crippen MR) is 85.8 cm³/mol. The molecule has 0 spiro atoms. The van der Waals surface area contributed by atoms with Gasteiger partial charge in [0.2, 0.25) is 5.78 Å². The fraction of sp³-hybridized carbons (Fsp3) is 0.158. The number of ketones is 1. The first-order valence-corrected chi connectivity index (χ1v) is 7.04. The lowest BCUT2D eigenvalue weighted by Gasteiger charge is -2.10. The minimum atomic E-state index is -0.00361. The summed E-state index contributed by atoms with van der Waals surface area (Å²) in [6, 6.07) is 13.9. The van der Waals surface area contributed by atoms with Crippen LogP contribution >= 0.6 is 0 Å². The Morgan fingerprint density at radius 2 is 1.76 bits per heavy atom. The lowest BCUT2D eigenvalue weighted by Crippen LogP contribution is -2.07. The molecule has 0 unspecified atom stereocenters. The number of rotatable bonds is 2. The van der Waals surface area contributed by atoms with Crippen LogP contribution in [0, 0.1) is 20.8 Å². The van der Waals surface area contributed by atoms with Gasteiger partial charge in [0.1, 0.15) is 5.69 Å². The lowest BCUT2D eigenvalue weighted by molar-refractivity contribution is 0.103. The predicted octanol–water partition coefficient (Wildman–Crippen LogP) is 4.39. The van der Waals surface area contributed by atoms with Crippen LogP contribution in [-0.4, -0.2) is 10.8 Å². The van der Waals surface area contributed by atoms with E-state index in [9.17, 15) is 4.79 Å². The summed E-state index contributed by atoms with van der Waals surface area (Å²) < 4.78 is 0. The molecule has 1 aromatic heterocycles. The molecule has 0 atom stereocenters. The van der Waals surface area contributed by atoms with Gasteiger partial charge in [0, 0.05) is 17.1 Å². The molecule has 0 saturated carbocycles. The molecule has 0 radical (unpaired) electrons. The van der Waals surface area contributed by atoms with E-state index in [1.54, 1.807) is 6.20 Å². The molecule has 0 bridgehead atoms. The molecule has 3 rings (SSSR count). The SMILES string of the molecule is Cc1ccc(C)c(C(=O)c2nccc3cccc(C)c23)c1. The number of carbonyl (C=O) groups is 1. The molecule has 0 saturated heterocycles. The summed E-state index contributed by atoms with van der Waals surface area (Å²) in [5.41, 5.74) is 4.42. The maximum Gasteiger partial charge on any atom is 0.212 e. The highest BCUT2D eigenvalue weighted by molar-refractivity contribution is 6.16. The van der Waals surface area contributed by atoms with Crippen LogP contribution in [0.25, 0.3) is 10.8 Å². The summed E-state index contributed by atoms with van der Waals surface area (Å²) in [5, 5.41) is 2.00. The normalized spacial score (nSPS) is 10.8. The number of aromatic nitrogens is 1. The number of carbonyl (C=O) groups excluding carboxylic acids is 1. The van der Waals surface area contributed by atoms with Crippen LogP contribution in [0.1, 0.15) is 32.7 Å². The van der Waals surface area contributed by atoms with Crippen molar-refractivity contribution in [2.24, 2.45) is 0 Å². The molecule has 2 aromatic carbocycles. The lowest BCUT2D eigenvalue weighted by atomic mass is 9.96. The Kier molecular flexibility index (Phi) is 3.30. The van der Waals surface area contributed by atoms with E-state index in [-0.39, 0.29) is 5.78 Å². The molecule has 0 fully saturated rings. The van der Waals surface area contributed by atoms with Crippen molar-refractivity contribution in [1.29, 1.82) is 0 Å². The number of hydrogen-bond acceptors (Lipinski definition) is 2. The highest BCUT2D eigenvalue weighted by Gasteiger charge is 2.17. The van der Waals surface area contributed by atoms with E-state index >= 15 is 0 Å². The van der Waals surface area contributed by atoms with E-state index in [2.05, 4.69) is 4.98 Å². The van der Waals surface area contributed by atoms with Crippen LogP contribution in [0.2, 0.25) is 0 Å². The van der Waals surface area contributed by atoms with Gasteiger partial charge in [0.15, 0.2) is 0 Å². The fourth-order valence-corrected chi connectivity index (χ4v) is 2.69. The highest BCUT2D eigenvalue weighted by atomic mass is 16.1. The molecule has 0 aliphatic heterocycles. The van der Waals surface area contributed by atoms with Crippen molar-refractivity contribution in [2.45, 2.75) is 20.8 Å². The Morgan fingerprint density at radius 1 is 0.952 bits per heavy atom. The van der Waals surface area contributed by atoms with Crippen LogP contribution in [0.15, 0.2) is 48.7 Å². The Labute approximate surface area is 124 Å². The number of benzene rings is 2. The van der Waals surface area contributed by atoms with Gasteiger partial charge in [-0.25, -0.2) is 0 Å². The molecule has 0 amide bonds. The molecule has 0 aliphatic rings. The van der Waals surface area contributed by atoms with E-state index in [0.717, 1.165) is 33.0 Å². The van der Waals surface area contributed by atoms with Crippen molar-refractivity contribution < 1.29 is 4.79 Å². The maximum absolute atomic E-state index is 12.9. The summed E-state index contributed by atoms with van der Waals surface area (Å²) in [6.07, 6.45) is 1.71. The molecule has 3 aromatic rings. The second-order valence-electron chi connectivity index (χ2n) is 5.48. The molecular weight excluding hydrogens is 258 g/mol. The van der Waals surface area contributed by atoms with E-state index in [0.29, 0.717) is 5.69 Å². The topological polar surface area (TPSA) is 30.0 Å². The van der Waals surface area contributed by atoms with Crippen molar-refractivity contribution in [1.82, 2.24) is 4.98 Å². The van der Waals surface area contributed by atoms with Crippen molar-refractivity contribution in [3.8, 4) is 0 Å². The number of fused-ring (bicyclic) bond motifs is 1. The largest absolute Gasteiger partial charge is 0.287 e. The molecule has 0 aliphatic carbocycles. The molecule has 0 N–H and O–H groups in total. The summed E-state index contributed by atoms with van der Waals surface area (Å²) in [6.45, 7) is 5.98. The molecule has 2 nitrogen and oxygen atoms in total. The van der Waals surface area contributed by atoms with Gasteiger partial charge in [0.05, 0.1) is 0 Å². The number of hydrogen-bond donors (Lipinski definition) is 0. The second kappa shape index (κ2) is 5.13. The second-order valence-corrected chi connectivity index (χ2v) is 5.48. The molecule has 104 valence electrons. The maximum atomic E-state index is 12.9. The Bertz CT molecular complexity index is 844. The smallest absolute Gasteiger partial charge is 0.212 e. The van der Waals surface area contributed by atoms with Crippen molar-refractivity contribution in [2.75, 3.05) is 0 Å². The minimum absolute atomic E-state index is 0.00361. The fourth-order valence-electron chi connectivity index (χ4n) is 2.69. The third-order valence-corrected chi connectivity index (χ3v) is 3.85. The standard InChI is InChI=1S/C19H17NO/c1-12-7-8-13(2)16(11-12)19(21)18-17-14(3)5-4-6-15(17)9-10-20-18/h4-11H,1-3H3. The molecule has 2 heteroatoms. The average molecular weight is 275 g/mol. The summed E-state index contributed by atoms with van der Waals surface area (Å²) in [7, 11) is 0. The van der Waals surface area contributed by atoms with Crippen molar-refractivity contribution in [3.05, 3.63) is 76.6 Å². The van der Waals surface area contributed by atoms with Gasteiger partial charge in [-0.2, -0.15) is 0 Å². The van der Waals surface area contributed by atoms with Crippen molar-refractivity contribution >= 4 is 16.6 Å². The van der Waals surface area contributed by atoms with E-state index in [4.69, 9.17) is 0 Å². The molecular formula is C19H17NO. The summed E-state index contributed by atoms with van der Waals surface area (Å²) >= 11 is 0. The first kappa shape index (κ1) is 13.5. The zero-order valence-electron chi connectivity index (χ0n) is 12.5. The van der Waals surface area contributed by atoms with Gasteiger partial charge in [0.25, 0.3) is 0 Å². The van der Waals surface area contributed by atoms with Gasteiger partial charge in [-0.15, -0.1) is 0 Å². The van der Waals surface area contributed by atoms with Crippen LogP contribution in [-0.2, 0) is 0 Å². The van der Waals surface area contributed by atoms with E-state index < -0.39 is 0 Å². The Balaban J connectivity index is 2.25. The monoisotopic (exact) mass is 275 g/mol. The first-order valence-electron chi connectivity index (χ1n) is 7.04. The summed E-state index contributed by atoms with van der Waals surface area (Å²) in [5.74, 6) is -0.00361. The highest BCUT2D eigenvalue weighted by Crippen LogP contribution is 2.24. The van der Waals surface area contributed by atoms with Gasteiger partial charge in [-0.1, -0.05) is 35.9 Å². The zero-order chi connectivity index (χ0) is 15.0. The van der Waals surface area contributed by atoms with Gasteiger partial charge in [-0.3, -0.25) is 9.78 Å². The average Bonchev–Trinajstić information content (AvgIpc) is 2.49. The Morgan fingerprint density at radius 3 is 2.57 bits per heavy atom. The minimum Gasteiger partial charge on any atom is -0.287 e. The van der Waals surface area contributed by atoms with E-state index in [1.807, 2.05) is 63.2 Å². The van der Waals surface area contributed by atoms with Gasteiger partial charge < -0.3 is 0 Å².